The summed E-state index contributed by atoms with van der Waals surface area (Å²) in [6.07, 6.45) is 1.15. The second-order valence-corrected chi connectivity index (χ2v) is 7.09. The fourth-order valence-electron chi connectivity index (χ4n) is 2.98. The van der Waals surface area contributed by atoms with Crippen LogP contribution in [0, 0.1) is 5.92 Å². The van der Waals surface area contributed by atoms with E-state index in [1.807, 2.05) is 47.4 Å². The molecule has 2 aromatic carbocycles. The van der Waals surface area contributed by atoms with Crippen molar-refractivity contribution in [3.05, 3.63) is 53.6 Å². The molecule has 2 rings (SSSR count). The number of amides is 1. The van der Waals surface area contributed by atoms with Gasteiger partial charge in [0.2, 0.25) is 5.91 Å². The molecule has 0 aliphatic rings. The van der Waals surface area contributed by atoms with Gasteiger partial charge in [0.05, 0.1) is 20.6 Å². The average molecular weight is 407 g/mol. The van der Waals surface area contributed by atoms with Crippen molar-refractivity contribution in [1.29, 1.82) is 0 Å². The van der Waals surface area contributed by atoms with Gasteiger partial charge in [0, 0.05) is 18.8 Å². The van der Waals surface area contributed by atoms with E-state index in [2.05, 4.69) is 13.8 Å². The molecule has 0 fully saturated rings. The molecule has 0 unspecified atom stereocenters. The van der Waals surface area contributed by atoms with Gasteiger partial charge in [-0.25, -0.2) is 0 Å². The number of nitrogen functional groups attached to an aromatic ring is 1. The first-order chi connectivity index (χ1) is 12.9. The molecule has 0 saturated heterocycles. The highest BCUT2D eigenvalue weighted by molar-refractivity contribution is 5.85. The van der Waals surface area contributed by atoms with Gasteiger partial charge in [-0.1, -0.05) is 32.0 Å². The maximum absolute atomic E-state index is 12.8. The van der Waals surface area contributed by atoms with Crippen LogP contribution in [-0.4, -0.2) is 38.1 Å². The topological polar surface area (TPSA) is 64.8 Å². The van der Waals surface area contributed by atoms with Gasteiger partial charge < -0.3 is 20.1 Å². The molecule has 2 N–H and O–H groups in total. The van der Waals surface area contributed by atoms with Crippen molar-refractivity contribution in [2.24, 2.45) is 5.92 Å². The zero-order chi connectivity index (χ0) is 19.8. The molecule has 0 atom stereocenters. The molecular formula is C22H31ClN2O3. The molecule has 6 heteroatoms. The van der Waals surface area contributed by atoms with E-state index < -0.39 is 0 Å². The fraction of sp³-hybridized carbons (Fsp3) is 0.409. The molecule has 0 radical (unpaired) electrons. The third-order valence-electron chi connectivity index (χ3n) is 4.39. The lowest BCUT2D eigenvalue weighted by molar-refractivity contribution is -0.131. The van der Waals surface area contributed by atoms with Crippen LogP contribution in [0.4, 0.5) is 5.69 Å². The Morgan fingerprint density at radius 3 is 2.18 bits per heavy atom. The molecular weight excluding hydrogens is 376 g/mol. The predicted octanol–water partition coefficient (Wildman–Crippen LogP) is 3.98. The molecule has 0 aromatic heterocycles. The number of carbonyl (C=O) groups is 1. The molecule has 154 valence electrons. The van der Waals surface area contributed by atoms with Crippen molar-refractivity contribution in [2.75, 3.05) is 33.0 Å². The number of carbonyl (C=O) groups excluding carboxylic acids is 1. The van der Waals surface area contributed by atoms with Crippen LogP contribution in [0.3, 0.4) is 0 Å². The number of benzene rings is 2. The summed E-state index contributed by atoms with van der Waals surface area (Å²) >= 11 is 0. The molecule has 5 nitrogen and oxygen atoms in total. The van der Waals surface area contributed by atoms with Crippen molar-refractivity contribution >= 4 is 24.0 Å². The summed E-state index contributed by atoms with van der Waals surface area (Å²) in [7, 11) is 3.25. The highest BCUT2D eigenvalue weighted by Gasteiger charge is 2.16. The summed E-state index contributed by atoms with van der Waals surface area (Å²) in [5.41, 5.74) is 8.53. The molecule has 0 aliphatic heterocycles. The molecule has 0 saturated carbocycles. The third kappa shape index (κ3) is 6.97. The number of nitrogens with zero attached hydrogens (tertiary/aromatic N) is 1. The second kappa shape index (κ2) is 11.4. The van der Waals surface area contributed by atoms with E-state index in [4.69, 9.17) is 15.2 Å². The summed E-state index contributed by atoms with van der Waals surface area (Å²) in [6, 6.07) is 13.4. The number of hydrogen-bond acceptors (Lipinski definition) is 4. The number of hydrogen-bond donors (Lipinski definition) is 1. The Hall–Kier alpha value is -2.40. The first-order valence-electron chi connectivity index (χ1n) is 9.26. The van der Waals surface area contributed by atoms with Crippen molar-refractivity contribution < 1.29 is 14.3 Å². The van der Waals surface area contributed by atoms with Gasteiger partial charge in [0.1, 0.15) is 0 Å². The number of anilines is 1. The Morgan fingerprint density at radius 2 is 1.61 bits per heavy atom. The van der Waals surface area contributed by atoms with Gasteiger partial charge in [0.15, 0.2) is 11.5 Å². The quantitative estimate of drug-likeness (QED) is 0.640. The Bertz CT molecular complexity index is 748. The Labute approximate surface area is 174 Å². The Kier molecular flexibility index (Phi) is 9.66. The van der Waals surface area contributed by atoms with Crippen LogP contribution in [0.15, 0.2) is 42.5 Å². The predicted molar refractivity (Wildman–Crippen MR) is 116 cm³/mol. The van der Waals surface area contributed by atoms with Crippen LogP contribution in [0.5, 0.6) is 11.5 Å². The van der Waals surface area contributed by atoms with Gasteiger partial charge in [-0.2, -0.15) is 0 Å². The van der Waals surface area contributed by atoms with Crippen LogP contribution < -0.4 is 15.2 Å². The number of rotatable bonds is 9. The first-order valence-corrected chi connectivity index (χ1v) is 9.26. The lowest BCUT2D eigenvalue weighted by Gasteiger charge is -2.25. The summed E-state index contributed by atoms with van der Waals surface area (Å²) in [5, 5.41) is 0. The normalized spacial score (nSPS) is 10.3. The molecule has 0 bridgehead atoms. The van der Waals surface area contributed by atoms with E-state index in [9.17, 15) is 4.79 Å². The van der Waals surface area contributed by atoms with Crippen molar-refractivity contribution in [3.63, 3.8) is 0 Å². The average Bonchev–Trinajstić information content (AvgIpc) is 2.66. The SMILES string of the molecule is COc1ccc(CCN(CC(C)C)C(=O)Cc2ccc(N)cc2)cc1OC.Cl. The molecule has 0 heterocycles. The summed E-state index contributed by atoms with van der Waals surface area (Å²) < 4.78 is 10.7. The van der Waals surface area contributed by atoms with Gasteiger partial charge >= 0.3 is 0 Å². The zero-order valence-corrected chi connectivity index (χ0v) is 17.9. The fourth-order valence-corrected chi connectivity index (χ4v) is 2.98. The van der Waals surface area contributed by atoms with E-state index in [1.54, 1.807) is 14.2 Å². The van der Waals surface area contributed by atoms with Crippen molar-refractivity contribution in [3.8, 4) is 11.5 Å². The zero-order valence-electron chi connectivity index (χ0n) is 17.1. The van der Waals surface area contributed by atoms with E-state index in [1.165, 1.54) is 0 Å². The number of methoxy groups -OCH3 is 2. The van der Waals surface area contributed by atoms with E-state index >= 15 is 0 Å². The summed E-state index contributed by atoms with van der Waals surface area (Å²) in [5.74, 6) is 1.96. The molecule has 2 aromatic rings. The minimum Gasteiger partial charge on any atom is -0.493 e. The Balaban J connectivity index is 0.00000392. The number of halogens is 1. The van der Waals surface area contributed by atoms with Gasteiger partial charge in [-0.15, -0.1) is 12.4 Å². The molecule has 1 amide bonds. The maximum atomic E-state index is 12.8. The third-order valence-corrected chi connectivity index (χ3v) is 4.39. The minimum absolute atomic E-state index is 0. The van der Waals surface area contributed by atoms with Gasteiger partial charge in [-0.05, 0) is 47.7 Å². The highest BCUT2D eigenvalue weighted by atomic mass is 35.5. The van der Waals surface area contributed by atoms with Crippen molar-refractivity contribution in [2.45, 2.75) is 26.7 Å². The van der Waals surface area contributed by atoms with Crippen LogP contribution in [0.2, 0.25) is 0 Å². The Morgan fingerprint density at radius 1 is 1.00 bits per heavy atom. The standard InChI is InChI=1S/C22H30N2O3.ClH/c1-16(2)15-24(22(25)14-17-5-8-19(23)9-6-17)12-11-18-7-10-20(26-3)21(13-18)27-4;/h5-10,13,16H,11-12,14-15,23H2,1-4H3;1H. The second-order valence-electron chi connectivity index (χ2n) is 7.09. The number of ether oxygens (including phenoxy) is 2. The van der Waals surface area contributed by atoms with Gasteiger partial charge in [-0.3, -0.25) is 4.79 Å². The van der Waals surface area contributed by atoms with Crippen molar-refractivity contribution in [1.82, 2.24) is 4.90 Å². The highest BCUT2D eigenvalue weighted by Crippen LogP contribution is 2.27. The van der Waals surface area contributed by atoms with Crippen LogP contribution >= 0.6 is 12.4 Å². The smallest absolute Gasteiger partial charge is 0.227 e. The van der Waals surface area contributed by atoms with E-state index in [0.29, 0.717) is 36.1 Å². The van der Waals surface area contributed by atoms with Crippen LogP contribution in [0.1, 0.15) is 25.0 Å². The monoisotopic (exact) mass is 406 g/mol. The largest absolute Gasteiger partial charge is 0.493 e. The molecule has 0 aliphatic carbocycles. The van der Waals surface area contributed by atoms with Crippen LogP contribution in [0.25, 0.3) is 0 Å². The van der Waals surface area contributed by atoms with E-state index in [0.717, 1.165) is 24.1 Å². The van der Waals surface area contributed by atoms with Crippen LogP contribution in [-0.2, 0) is 17.6 Å². The lowest BCUT2D eigenvalue weighted by Crippen LogP contribution is -2.37. The maximum Gasteiger partial charge on any atom is 0.227 e. The summed E-state index contributed by atoms with van der Waals surface area (Å²) in [4.78, 5) is 14.8. The lowest BCUT2D eigenvalue weighted by atomic mass is 10.1. The summed E-state index contributed by atoms with van der Waals surface area (Å²) in [6.45, 7) is 5.66. The molecule has 28 heavy (non-hydrogen) atoms. The molecule has 0 spiro atoms. The first kappa shape index (κ1) is 23.6. The minimum atomic E-state index is 0. The number of nitrogens with two attached hydrogens (primary N) is 1. The van der Waals surface area contributed by atoms with Gasteiger partial charge in [0.25, 0.3) is 0 Å². The van der Waals surface area contributed by atoms with E-state index in [-0.39, 0.29) is 18.3 Å².